The van der Waals surface area contributed by atoms with E-state index >= 15 is 0 Å². The lowest BCUT2D eigenvalue weighted by Crippen LogP contribution is -2.11. The van der Waals surface area contributed by atoms with E-state index in [1.807, 2.05) is 35.9 Å². The third-order valence-electron chi connectivity index (χ3n) is 3.69. The molecule has 0 fully saturated rings. The standard InChI is InChI=1S/C18H14N2O3/c1-19-12-14(15-9-5-6-10-16(15)19)11-17(20(22)23)18(21)13-7-3-2-4-8-13/h2-12H,1H3. The van der Waals surface area contributed by atoms with Crippen molar-refractivity contribution in [1.29, 1.82) is 0 Å². The van der Waals surface area contributed by atoms with Gasteiger partial charge in [-0.15, -0.1) is 0 Å². The van der Waals surface area contributed by atoms with Crippen LogP contribution in [0.4, 0.5) is 0 Å². The predicted molar refractivity (Wildman–Crippen MR) is 88.7 cm³/mol. The molecule has 0 spiro atoms. The van der Waals surface area contributed by atoms with Crippen LogP contribution in [0.25, 0.3) is 17.0 Å². The average Bonchev–Trinajstić information content (AvgIpc) is 2.89. The number of nitrogens with zero attached hydrogens (tertiary/aromatic N) is 2. The molecule has 0 amide bonds. The largest absolute Gasteiger partial charge is 0.350 e. The van der Waals surface area contributed by atoms with Gasteiger partial charge in [0.25, 0.3) is 5.78 Å². The first kappa shape index (κ1) is 14.7. The van der Waals surface area contributed by atoms with Gasteiger partial charge in [-0.1, -0.05) is 48.5 Å². The Morgan fingerprint density at radius 3 is 2.43 bits per heavy atom. The molecular formula is C18H14N2O3. The monoisotopic (exact) mass is 306 g/mol. The van der Waals surface area contributed by atoms with Crippen molar-refractivity contribution in [1.82, 2.24) is 4.57 Å². The number of hydrogen-bond acceptors (Lipinski definition) is 3. The minimum absolute atomic E-state index is 0.302. The minimum Gasteiger partial charge on any atom is -0.350 e. The fourth-order valence-corrected chi connectivity index (χ4v) is 2.57. The van der Waals surface area contributed by atoms with Crippen molar-refractivity contribution in [2.24, 2.45) is 7.05 Å². The Kier molecular flexibility index (Phi) is 3.76. The van der Waals surface area contributed by atoms with Crippen LogP contribution >= 0.6 is 0 Å². The Morgan fingerprint density at radius 1 is 1.09 bits per heavy atom. The van der Waals surface area contributed by atoms with Gasteiger partial charge in [-0.2, -0.15) is 0 Å². The van der Waals surface area contributed by atoms with Crippen molar-refractivity contribution in [3.8, 4) is 0 Å². The van der Waals surface area contributed by atoms with Crippen molar-refractivity contribution in [3.05, 3.63) is 87.7 Å². The number of ketones is 1. The fourth-order valence-electron chi connectivity index (χ4n) is 2.57. The van der Waals surface area contributed by atoms with Gasteiger partial charge in [-0.25, -0.2) is 0 Å². The maximum Gasteiger partial charge on any atom is 0.317 e. The molecule has 5 nitrogen and oxygen atoms in total. The summed E-state index contributed by atoms with van der Waals surface area (Å²) in [6.45, 7) is 0. The molecule has 0 bridgehead atoms. The first-order valence-corrected chi connectivity index (χ1v) is 7.08. The number of aromatic nitrogens is 1. The van der Waals surface area contributed by atoms with E-state index < -0.39 is 16.4 Å². The van der Waals surface area contributed by atoms with Crippen molar-refractivity contribution >= 4 is 22.8 Å². The van der Waals surface area contributed by atoms with Gasteiger partial charge in [0.1, 0.15) is 0 Å². The van der Waals surface area contributed by atoms with Crippen molar-refractivity contribution in [2.75, 3.05) is 0 Å². The smallest absolute Gasteiger partial charge is 0.317 e. The molecule has 3 rings (SSSR count). The topological polar surface area (TPSA) is 65.1 Å². The molecule has 2 aromatic carbocycles. The molecular weight excluding hydrogens is 292 g/mol. The zero-order valence-electron chi connectivity index (χ0n) is 12.5. The SMILES string of the molecule is Cn1cc(C=C(C(=O)c2ccccc2)[N+](=O)[O-])c2ccccc21. The number of allylic oxidation sites excluding steroid dienone is 1. The molecule has 0 aliphatic rings. The summed E-state index contributed by atoms with van der Waals surface area (Å²) in [6.07, 6.45) is 3.13. The summed E-state index contributed by atoms with van der Waals surface area (Å²) in [5.41, 5.74) is 1.47. The molecule has 5 heteroatoms. The second-order valence-corrected chi connectivity index (χ2v) is 5.19. The number of aryl methyl sites for hydroxylation is 1. The number of benzene rings is 2. The molecule has 114 valence electrons. The molecule has 3 aromatic rings. The number of nitro groups is 1. The molecule has 1 aromatic heterocycles. The summed E-state index contributed by atoms with van der Waals surface area (Å²) >= 11 is 0. The molecule has 0 radical (unpaired) electrons. The van der Waals surface area contributed by atoms with E-state index in [4.69, 9.17) is 0 Å². The van der Waals surface area contributed by atoms with E-state index in [0.717, 1.165) is 10.9 Å². The first-order chi connectivity index (χ1) is 11.1. The summed E-state index contributed by atoms with van der Waals surface area (Å²) in [6, 6.07) is 15.8. The number of hydrogen-bond donors (Lipinski definition) is 0. The van der Waals surface area contributed by atoms with Crippen molar-refractivity contribution in [2.45, 2.75) is 0 Å². The van der Waals surface area contributed by atoms with Gasteiger partial charge < -0.3 is 4.57 Å². The zero-order valence-corrected chi connectivity index (χ0v) is 12.5. The second-order valence-electron chi connectivity index (χ2n) is 5.19. The molecule has 0 N–H and O–H groups in total. The number of carbonyl (C=O) groups is 1. The average molecular weight is 306 g/mol. The van der Waals surface area contributed by atoms with E-state index in [0.29, 0.717) is 11.1 Å². The zero-order chi connectivity index (χ0) is 16.4. The molecule has 23 heavy (non-hydrogen) atoms. The minimum atomic E-state index is -0.628. The van der Waals surface area contributed by atoms with Crippen molar-refractivity contribution in [3.63, 3.8) is 0 Å². The summed E-state index contributed by atoms with van der Waals surface area (Å²) in [7, 11) is 1.87. The molecule has 0 atom stereocenters. The summed E-state index contributed by atoms with van der Waals surface area (Å²) < 4.78 is 1.88. The van der Waals surface area contributed by atoms with Crippen LogP contribution in [0, 0.1) is 10.1 Å². The fraction of sp³-hybridized carbons (Fsp3) is 0.0556. The highest BCUT2D eigenvalue weighted by Crippen LogP contribution is 2.23. The van der Waals surface area contributed by atoms with E-state index in [1.165, 1.54) is 6.08 Å². The molecule has 0 aliphatic carbocycles. The van der Waals surface area contributed by atoms with E-state index in [1.54, 1.807) is 36.5 Å². The molecule has 0 saturated heterocycles. The Morgan fingerprint density at radius 2 is 1.74 bits per heavy atom. The number of fused-ring (bicyclic) bond motifs is 1. The second kappa shape index (κ2) is 5.88. The summed E-state index contributed by atoms with van der Waals surface area (Å²) in [5, 5.41) is 12.2. The van der Waals surface area contributed by atoms with Crippen LogP contribution < -0.4 is 0 Å². The van der Waals surface area contributed by atoms with Crippen LogP contribution in [-0.4, -0.2) is 15.3 Å². The van der Waals surface area contributed by atoms with Gasteiger partial charge in [0.15, 0.2) is 0 Å². The van der Waals surface area contributed by atoms with Crippen LogP contribution in [0.3, 0.4) is 0 Å². The number of rotatable bonds is 4. The lowest BCUT2D eigenvalue weighted by Gasteiger charge is -1.99. The van der Waals surface area contributed by atoms with E-state index in [9.17, 15) is 14.9 Å². The van der Waals surface area contributed by atoms with Crippen LogP contribution in [0.1, 0.15) is 15.9 Å². The summed E-state index contributed by atoms with van der Waals surface area (Å²) in [4.78, 5) is 23.2. The van der Waals surface area contributed by atoms with Gasteiger partial charge in [0.2, 0.25) is 0 Å². The molecule has 0 aliphatic heterocycles. The van der Waals surface area contributed by atoms with Gasteiger partial charge in [-0.05, 0) is 6.07 Å². The summed E-state index contributed by atoms with van der Waals surface area (Å²) in [5.74, 6) is -0.594. The Bertz CT molecular complexity index is 924. The number of para-hydroxylation sites is 1. The maximum atomic E-state index is 12.4. The third kappa shape index (κ3) is 2.76. The highest BCUT2D eigenvalue weighted by atomic mass is 16.6. The molecule has 1 heterocycles. The highest BCUT2D eigenvalue weighted by Gasteiger charge is 2.24. The normalized spacial score (nSPS) is 11.6. The number of Topliss-reactive ketones (excluding diaryl/α,β-unsaturated/α-hetero) is 1. The first-order valence-electron chi connectivity index (χ1n) is 7.08. The quantitative estimate of drug-likeness (QED) is 0.320. The lowest BCUT2D eigenvalue weighted by atomic mass is 10.1. The molecule has 0 saturated carbocycles. The Hall–Kier alpha value is -3.21. The number of carbonyl (C=O) groups excluding carboxylic acids is 1. The lowest BCUT2D eigenvalue weighted by molar-refractivity contribution is -0.415. The van der Waals surface area contributed by atoms with Gasteiger partial charge >= 0.3 is 5.70 Å². The Labute approximate surface area is 132 Å². The molecule has 0 unspecified atom stereocenters. The van der Waals surface area contributed by atoms with Crippen LogP contribution in [-0.2, 0) is 7.05 Å². The Balaban J connectivity index is 2.12. The van der Waals surface area contributed by atoms with E-state index in [2.05, 4.69) is 0 Å². The predicted octanol–water partition coefficient (Wildman–Crippen LogP) is 3.68. The highest BCUT2D eigenvalue weighted by molar-refractivity contribution is 6.10. The van der Waals surface area contributed by atoms with Gasteiger partial charge in [0, 0.05) is 41.4 Å². The van der Waals surface area contributed by atoms with Crippen molar-refractivity contribution < 1.29 is 9.72 Å². The van der Waals surface area contributed by atoms with Crippen LogP contribution in [0.5, 0.6) is 0 Å². The maximum absolute atomic E-state index is 12.4. The van der Waals surface area contributed by atoms with Crippen LogP contribution in [0.2, 0.25) is 0 Å². The van der Waals surface area contributed by atoms with E-state index in [-0.39, 0.29) is 0 Å². The van der Waals surface area contributed by atoms with Gasteiger partial charge in [0.05, 0.1) is 4.92 Å². The van der Waals surface area contributed by atoms with Gasteiger partial charge in [-0.3, -0.25) is 14.9 Å². The van der Waals surface area contributed by atoms with Crippen LogP contribution in [0.15, 0.2) is 66.5 Å². The third-order valence-corrected chi connectivity index (χ3v) is 3.69.